The average Bonchev–Trinajstić information content (AvgIpc) is 3.18. The summed E-state index contributed by atoms with van der Waals surface area (Å²) in [6, 6.07) is 12.8. The fourth-order valence-corrected chi connectivity index (χ4v) is 6.37. The van der Waals surface area contributed by atoms with E-state index in [1.54, 1.807) is 35.7 Å². The first kappa shape index (κ1) is 19.7. The molecule has 1 aromatic carbocycles. The van der Waals surface area contributed by atoms with Crippen molar-refractivity contribution in [3.63, 3.8) is 0 Å². The van der Waals surface area contributed by atoms with Crippen LogP contribution >= 0.6 is 11.3 Å². The first-order valence-electron chi connectivity index (χ1n) is 8.04. The summed E-state index contributed by atoms with van der Waals surface area (Å²) in [6.45, 7) is 1.58. The van der Waals surface area contributed by atoms with Crippen LogP contribution in [0.4, 0.5) is 0 Å². The van der Waals surface area contributed by atoms with Crippen molar-refractivity contribution >= 4 is 31.2 Å². The molecule has 0 spiro atoms. The minimum absolute atomic E-state index is 0.136. The summed E-state index contributed by atoms with van der Waals surface area (Å²) in [6.07, 6.45) is 2.98. The van der Waals surface area contributed by atoms with Gasteiger partial charge in [-0.1, -0.05) is 29.8 Å². The summed E-state index contributed by atoms with van der Waals surface area (Å²) in [5.41, 5.74) is 1.36. The molecule has 142 valence electrons. The molecule has 0 amide bonds. The standard InChI is InChI=1S/C18H18N2O4S3/c1-14-6-8-16(9-7-14)26(21,22)17(15-4-2-10-19-12-15)13-20-27(23,24)18-5-3-11-25-18/h2-12,17,20H,13H2,1H3/t17-/m1/s1. The number of thiophene rings is 1. The SMILES string of the molecule is Cc1ccc(S(=O)(=O)[C@H](CNS(=O)(=O)c2cccs2)c2cccnc2)cc1. The summed E-state index contributed by atoms with van der Waals surface area (Å²) >= 11 is 1.07. The highest BCUT2D eigenvalue weighted by molar-refractivity contribution is 7.92. The minimum Gasteiger partial charge on any atom is -0.264 e. The molecule has 6 nitrogen and oxygen atoms in total. The number of aromatic nitrogens is 1. The molecule has 0 aliphatic rings. The third-order valence-electron chi connectivity index (χ3n) is 4.00. The first-order chi connectivity index (χ1) is 12.8. The van der Waals surface area contributed by atoms with Crippen LogP contribution in [0.25, 0.3) is 0 Å². The van der Waals surface area contributed by atoms with Crippen molar-refractivity contribution < 1.29 is 16.8 Å². The second-order valence-electron chi connectivity index (χ2n) is 5.92. The van der Waals surface area contributed by atoms with Gasteiger partial charge in [-0.25, -0.2) is 21.6 Å². The summed E-state index contributed by atoms with van der Waals surface area (Å²) < 4.78 is 53.8. The van der Waals surface area contributed by atoms with Crippen molar-refractivity contribution in [2.45, 2.75) is 21.3 Å². The Morgan fingerprint density at radius 2 is 1.78 bits per heavy atom. The Bertz CT molecular complexity index is 1090. The molecule has 2 heterocycles. The van der Waals surface area contributed by atoms with Gasteiger partial charge in [-0.15, -0.1) is 11.3 Å². The molecule has 0 radical (unpaired) electrons. The molecule has 1 atom stereocenters. The maximum atomic E-state index is 13.2. The van der Waals surface area contributed by atoms with Gasteiger partial charge in [-0.2, -0.15) is 0 Å². The van der Waals surface area contributed by atoms with Crippen LogP contribution in [0, 0.1) is 6.92 Å². The number of nitrogens with zero attached hydrogens (tertiary/aromatic N) is 1. The third kappa shape index (κ3) is 4.44. The van der Waals surface area contributed by atoms with Crippen LogP contribution in [0.1, 0.15) is 16.4 Å². The van der Waals surface area contributed by atoms with Crippen molar-refractivity contribution in [2.24, 2.45) is 0 Å². The highest BCUT2D eigenvalue weighted by atomic mass is 32.2. The topological polar surface area (TPSA) is 93.2 Å². The van der Waals surface area contributed by atoms with Gasteiger partial charge in [0.1, 0.15) is 9.46 Å². The molecule has 9 heteroatoms. The van der Waals surface area contributed by atoms with Gasteiger partial charge >= 0.3 is 0 Å². The Balaban J connectivity index is 1.96. The zero-order chi connectivity index (χ0) is 19.5. The van der Waals surface area contributed by atoms with E-state index >= 15 is 0 Å². The minimum atomic E-state index is -3.83. The Morgan fingerprint density at radius 1 is 1.04 bits per heavy atom. The monoisotopic (exact) mass is 422 g/mol. The van der Waals surface area contributed by atoms with E-state index in [-0.39, 0.29) is 15.6 Å². The van der Waals surface area contributed by atoms with E-state index < -0.39 is 25.1 Å². The van der Waals surface area contributed by atoms with Crippen LogP contribution in [-0.4, -0.2) is 28.4 Å². The molecule has 3 aromatic rings. The normalized spacial score (nSPS) is 13.4. The maximum absolute atomic E-state index is 13.2. The number of benzene rings is 1. The van der Waals surface area contributed by atoms with Crippen LogP contribution < -0.4 is 4.72 Å². The number of hydrogen-bond acceptors (Lipinski definition) is 6. The summed E-state index contributed by atoms with van der Waals surface area (Å²) in [5, 5.41) is 0.555. The van der Waals surface area contributed by atoms with Gasteiger partial charge in [-0.3, -0.25) is 4.98 Å². The molecular weight excluding hydrogens is 404 g/mol. The van der Waals surface area contributed by atoms with Crippen molar-refractivity contribution in [2.75, 3.05) is 6.54 Å². The maximum Gasteiger partial charge on any atom is 0.250 e. The summed E-state index contributed by atoms with van der Waals surface area (Å²) in [7, 11) is -7.61. The number of aryl methyl sites for hydroxylation is 1. The lowest BCUT2D eigenvalue weighted by Gasteiger charge is -2.18. The largest absolute Gasteiger partial charge is 0.264 e. The van der Waals surface area contributed by atoms with Crippen LogP contribution in [0.2, 0.25) is 0 Å². The van der Waals surface area contributed by atoms with E-state index in [2.05, 4.69) is 9.71 Å². The lowest BCUT2D eigenvalue weighted by Crippen LogP contribution is -2.31. The molecule has 0 aliphatic carbocycles. The van der Waals surface area contributed by atoms with E-state index in [9.17, 15) is 16.8 Å². The van der Waals surface area contributed by atoms with Crippen LogP contribution in [0.3, 0.4) is 0 Å². The number of hydrogen-bond donors (Lipinski definition) is 1. The van der Waals surface area contributed by atoms with Gasteiger partial charge in [0.25, 0.3) is 0 Å². The van der Waals surface area contributed by atoms with Crippen LogP contribution in [0.5, 0.6) is 0 Å². The van der Waals surface area contributed by atoms with Gasteiger partial charge in [0, 0.05) is 18.9 Å². The number of sulfone groups is 1. The molecule has 0 saturated carbocycles. The summed E-state index contributed by atoms with van der Waals surface area (Å²) in [5.74, 6) is 0. The Labute approximate surface area is 162 Å². The van der Waals surface area contributed by atoms with Crippen molar-refractivity contribution in [3.05, 3.63) is 77.4 Å². The molecule has 0 aliphatic heterocycles. The molecule has 27 heavy (non-hydrogen) atoms. The first-order valence-corrected chi connectivity index (χ1v) is 12.0. The van der Waals surface area contributed by atoms with E-state index in [0.717, 1.165) is 16.9 Å². The Kier molecular flexibility index (Phi) is 5.75. The number of rotatable bonds is 7. The second-order valence-corrected chi connectivity index (χ2v) is 11.0. The number of sulfonamides is 1. The van der Waals surface area contributed by atoms with Gasteiger partial charge < -0.3 is 0 Å². The molecule has 0 bridgehead atoms. The molecule has 3 rings (SSSR count). The predicted octanol–water partition coefficient (Wildman–Crippen LogP) is 2.95. The molecule has 0 saturated heterocycles. The molecule has 1 N–H and O–H groups in total. The molecule has 0 unspecified atom stereocenters. The quantitative estimate of drug-likeness (QED) is 0.632. The van der Waals surface area contributed by atoms with E-state index in [1.807, 2.05) is 6.92 Å². The number of nitrogens with one attached hydrogen (secondary N) is 1. The van der Waals surface area contributed by atoms with E-state index in [0.29, 0.717) is 5.56 Å². The van der Waals surface area contributed by atoms with Crippen LogP contribution in [0.15, 0.2) is 75.4 Å². The lowest BCUT2D eigenvalue weighted by molar-refractivity contribution is 0.569. The van der Waals surface area contributed by atoms with Gasteiger partial charge in [-0.05, 0) is 42.1 Å². The highest BCUT2D eigenvalue weighted by Crippen LogP contribution is 2.29. The molecule has 2 aromatic heterocycles. The Hall–Kier alpha value is -2.07. The van der Waals surface area contributed by atoms with E-state index in [1.165, 1.54) is 30.6 Å². The summed E-state index contributed by atoms with van der Waals surface area (Å²) in [4.78, 5) is 4.12. The highest BCUT2D eigenvalue weighted by Gasteiger charge is 2.31. The smallest absolute Gasteiger partial charge is 0.250 e. The predicted molar refractivity (Wildman–Crippen MR) is 105 cm³/mol. The fourth-order valence-electron chi connectivity index (χ4n) is 2.54. The Morgan fingerprint density at radius 3 is 2.37 bits per heavy atom. The van der Waals surface area contributed by atoms with Crippen LogP contribution in [-0.2, 0) is 19.9 Å². The third-order valence-corrected chi connectivity index (χ3v) is 8.94. The zero-order valence-electron chi connectivity index (χ0n) is 14.4. The van der Waals surface area contributed by atoms with Crippen molar-refractivity contribution in [1.29, 1.82) is 0 Å². The molecular formula is C18H18N2O4S3. The van der Waals surface area contributed by atoms with Crippen molar-refractivity contribution in [1.82, 2.24) is 9.71 Å². The zero-order valence-corrected chi connectivity index (χ0v) is 16.9. The average molecular weight is 423 g/mol. The molecule has 0 fully saturated rings. The lowest BCUT2D eigenvalue weighted by atomic mass is 10.2. The van der Waals surface area contributed by atoms with Gasteiger partial charge in [0.15, 0.2) is 9.84 Å². The van der Waals surface area contributed by atoms with Gasteiger partial charge in [0.05, 0.1) is 4.90 Å². The number of pyridine rings is 1. The van der Waals surface area contributed by atoms with Gasteiger partial charge in [0.2, 0.25) is 10.0 Å². The fraction of sp³-hybridized carbons (Fsp3) is 0.167. The second kappa shape index (κ2) is 7.89. The van der Waals surface area contributed by atoms with Crippen molar-refractivity contribution in [3.8, 4) is 0 Å². The van der Waals surface area contributed by atoms with E-state index in [4.69, 9.17) is 0 Å².